The number of nitrogens with zero attached hydrogens (tertiary/aromatic N) is 3. The highest BCUT2D eigenvalue weighted by molar-refractivity contribution is 5.92. The summed E-state index contributed by atoms with van der Waals surface area (Å²) in [6, 6.07) is 11.6. The number of amides is 1. The van der Waals surface area contributed by atoms with Crippen molar-refractivity contribution in [3.05, 3.63) is 53.2 Å². The lowest BCUT2D eigenvalue weighted by molar-refractivity contribution is -0.104. The second-order valence-electron chi connectivity index (χ2n) is 6.19. The van der Waals surface area contributed by atoms with Crippen molar-refractivity contribution < 1.29 is 14.3 Å². The van der Waals surface area contributed by atoms with Crippen LogP contribution in [0.15, 0.2) is 36.4 Å². The van der Waals surface area contributed by atoms with E-state index in [-0.39, 0.29) is 11.5 Å². The Morgan fingerprint density at radius 2 is 2.12 bits per heavy atom. The minimum Gasteiger partial charge on any atom is -0.480 e. The molecule has 1 fully saturated rings. The van der Waals surface area contributed by atoms with E-state index in [9.17, 15) is 4.79 Å². The maximum Gasteiger partial charge on any atom is 0.274 e. The Hall–Kier alpha value is -2.47. The third-order valence-electron chi connectivity index (χ3n) is 4.85. The standard InChI is InChI=1S/C18H19N3O3/c1-23-16-7-6-15(19-20-16)17(22)21-10-11-24-18(12-21)9-8-13-4-2-3-5-14(13)18/h2-7H,8-12H2,1H3/t18-/m0/s1. The number of fused-ring (bicyclic) bond motifs is 2. The van der Waals surface area contributed by atoms with E-state index in [1.54, 1.807) is 12.1 Å². The Bertz CT molecular complexity index is 758. The van der Waals surface area contributed by atoms with Crippen molar-refractivity contribution in [3.63, 3.8) is 0 Å². The average Bonchev–Trinajstić information content (AvgIpc) is 2.99. The van der Waals surface area contributed by atoms with Gasteiger partial charge in [-0.15, -0.1) is 10.2 Å². The first-order valence-corrected chi connectivity index (χ1v) is 8.11. The van der Waals surface area contributed by atoms with E-state index in [0.29, 0.717) is 31.3 Å². The van der Waals surface area contributed by atoms with Gasteiger partial charge in [-0.25, -0.2) is 0 Å². The summed E-state index contributed by atoms with van der Waals surface area (Å²) in [5.41, 5.74) is 2.48. The van der Waals surface area contributed by atoms with Crippen molar-refractivity contribution in [2.75, 3.05) is 26.8 Å². The molecule has 1 aliphatic carbocycles. The van der Waals surface area contributed by atoms with Crippen molar-refractivity contribution >= 4 is 5.91 Å². The smallest absolute Gasteiger partial charge is 0.274 e. The highest BCUT2D eigenvalue weighted by Gasteiger charge is 2.44. The summed E-state index contributed by atoms with van der Waals surface area (Å²) in [5.74, 6) is 0.284. The summed E-state index contributed by atoms with van der Waals surface area (Å²) in [6.45, 7) is 1.65. The number of aromatic nitrogens is 2. The van der Waals surface area contributed by atoms with E-state index in [2.05, 4.69) is 28.4 Å². The van der Waals surface area contributed by atoms with Crippen molar-refractivity contribution in [2.45, 2.75) is 18.4 Å². The van der Waals surface area contributed by atoms with Crippen LogP contribution in [0, 0.1) is 0 Å². The van der Waals surface area contributed by atoms with Crippen LogP contribution in [0.5, 0.6) is 5.88 Å². The predicted octanol–water partition coefficient (Wildman–Crippen LogP) is 1.80. The van der Waals surface area contributed by atoms with Gasteiger partial charge in [-0.1, -0.05) is 24.3 Å². The van der Waals surface area contributed by atoms with Gasteiger partial charge in [-0.3, -0.25) is 4.79 Å². The highest BCUT2D eigenvalue weighted by Crippen LogP contribution is 2.42. The third kappa shape index (κ3) is 2.43. The Balaban J connectivity index is 1.58. The fraction of sp³-hybridized carbons (Fsp3) is 0.389. The van der Waals surface area contributed by atoms with Gasteiger partial charge in [0.15, 0.2) is 5.69 Å². The monoisotopic (exact) mass is 325 g/mol. The number of rotatable bonds is 2. The number of hydrogen-bond acceptors (Lipinski definition) is 5. The molecule has 0 unspecified atom stereocenters. The van der Waals surface area contributed by atoms with Crippen LogP contribution in [0.4, 0.5) is 0 Å². The Labute approximate surface area is 140 Å². The van der Waals surface area contributed by atoms with Crippen molar-refractivity contribution in [1.82, 2.24) is 15.1 Å². The quantitative estimate of drug-likeness (QED) is 0.842. The normalized spacial score (nSPS) is 22.5. The Kier molecular flexibility index (Phi) is 3.69. The van der Waals surface area contributed by atoms with Gasteiger partial charge in [0.2, 0.25) is 5.88 Å². The molecule has 1 aliphatic heterocycles. The molecule has 0 N–H and O–H groups in total. The maximum atomic E-state index is 12.8. The SMILES string of the molecule is COc1ccc(C(=O)N2CCO[C@@]3(CCc4ccccc43)C2)nn1. The molecule has 2 aromatic rings. The van der Waals surface area contributed by atoms with E-state index in [1.807, 2.05) is 11.0 Å². The van der Waals surface area contributed by atoms with Gasteiger partial charge in [0, 0.05) is 12.6 Å². The number of benzene rings is 1. The van der Waals surface area contributed by atoms with Crippen LogP contribution in [0.3, 0.4) is 0 Å². The summed E-state index contributed by atoms with van der Waals surface area (Å²) in [5, 5.41) is 7.86. The molecule has 0 saturated carbocycles. The average molecular weight is 325 g/mol. The van der Waals surface area contributed by atoms with Crippen molar-refractivity contribution in [3.8, 4) is 5.88 Å². The lowest BCUT2D eigenvalue weighted by atomic mass is 9.93. The van der Waals surface area contributed by atoms with Crippen LogP contribution in [0.1, 0.15) is 28.0 Å². The van der Waals surface area contributed by atoms with E-state index >= 15 is 0 Å². The van der Waals surface area contributed by atoms with Crippen LogP contribution in [-0.4, -0.2) is 47.8 Å². The zero-order valence-corrected chi connectivity index (χ0v) is 13.6. The third-order valence-corrected chi connectivity index (χ3v) is 4.85. The predicted molar refractivity (Wildman–Crippen MR) is 86.9 cm³/mol. The van der Waals surface area contributed by atoms with Gasteiger partial charge in [0.1, 0.15) is 5.60 Å². The lowest BCUT2D eigenvalue weighted by Crippen LogP contribution is -2.51. The number of carbonyl (C=O) groups is 1. The zero-order valence-electron chi connectivity index (χ0n) is 13.6. The topological polar surface area (TPSA) is 64.5 Å². The van der Waals surface area contributed by atoms with Crippen LogP contribution in [-0.2, 0) is 16.8 Å². The zero-order chi connectivity index (χ0) is 16.6. The van der Waals surface area contributed by atoms with Gasteiger partial charge < -0.3 is 14.4 Å². The minimum absolute atomic E-state index is 0.114. The van der Waals surface area contributed by atoms with Gasteiger partial charge in [-0.05, 0) is 30.0 Å². The Morgan fingerprint density at radius 3 is 2.92 bits per heavy atom. The first-order chi connectivity index (χ1) is 11.7. The van der Waals surface area contributed by atoms with Gasteiger partial charge in [0.05, 0.1) is 20.3 Å². The van der Waals surface area contributed by atoms with E-state index in [4.69, 9.17) is 9.47 Å². The van der Waals surface area contributed by atoms with Crippen LogP contribution in [0.25, 0.3) is 0 Å². The molecule has 1 spiro atoms. The summed E-state index contributed by atoms with van der Waals surface area (Å²) in [6.07, 6.45) is 1.89. The maximum absolute atomic E-state index is 12.8. The number of carbonyl (C=O) groups excluding carboxylic acids is 1. The van der Waals surface area contributed by atoms with Crippen LogP contribution < -0.4 is 4.74 Å². The van der Waals surface area contributed by atoms with Gasteiger partial charge >= 0.3 is 0 Å². The minimum atomic E-state index is -0.385. The molecule has 1 aromatic heterocycles. The second kappa shape index (κ2) is 5.87. The van der Waals surface area contributed by atoms with E-state index < -0.39 is 0 Å². The molecule has 24 heavy (non-hydrogen) atoms. The fourth-order valence-electron chi connectivity index (χ4n) is 3.63. The number of methoxy groups -OCH3 is 1. The second-order valence-corrected chi connectivity index (χ2v) is 6.19. The molecule has 1 saturated heterocycles. The van der Waals surface area contributed by atoms with Gasteiger partial charge in [-0.2, -0.15) is 0 Å². The Morgan fingerprint density at radius 1 is 1.25 bits per heavy atom. The first-order valence-electron chi connectivity index (χ1n) is 8.11. The lowest BCUT2D eigenvalue weighted by Gasteiger charge is -2.41. The van der Waals surface area contributed by atoms with Gasteiger partial charge in [0.25, 0.3) is 5.91 Å². The molecular formula is C18H19N3O3. The molecule has 124 valence electrons. The van der Waals surface area contributed by atoms with E-state index in [0.717, 1.165) is 12.8 Å². The molecule has 0 bridgehead atoms. The largest absolute Gasteiger partial charge is 0.480 e. The molecule has 2 heterocycles. The van der Waals surface area contributed by atoms with Crippen molar-refractivity contribution in [2.24, 2.45) is 0 Å². The molecule has 0 radical (unpaired) electrons. The highest BCUT2D eigenvalue weighted by atomic mass is 16.5. The summed E-state index contributed by atoms with van der Waals surface area (Å²) in [4.78, 5) is 14.6. The van der Waals surface area contributed by atoms with Crippen LogP contribution >= 0.6 is 0 Å². The molecule has 1 aromatic carbocycles. The molecule has 6 heteroatoms. The summed E-state index contributed by atoms with van der Waals surface area (Å²) in [7, 11) is 1.52. The first kappa shape index (κ1) is 15.1. The summed E-state index contributed by atoms with van der Waals surface area (Å²) < 4.78 is 11.1. The molecule has 2 aliphatic rings. The summed E-state index contributed by atoms with van der Waals surface area (Å²) >= 11 is 0. The molecule has 1 amide bonds. The molecule has 6 nitrogen and oxygen atoms in total. The number of morpholine rings is 1. The molecule has 4 rings (SSSR count). The van der Waals surface area contributed by atoms with Crippen LogP contribution in [0.2, 0.25) is 0 Å². The molecule has 1 atom stereocenters. The van der Waals surface area contributed by atoms with E-state index in [1.165, 1.54) is 18.2 Å². The fourth-order valence-corrected chi connectivity index (χ4v) is 3.63. The van der Waals surface area contributed by atoms with Crippen molar-refractivity contribution in [1.29, 1.82) is 0 Å². The molecular weight excluding hydrogens is 306 g/mol. The number of hydrogen-bond donors (Lipinski definition) is 0. The number of ether oxygens (including phenoxy) is 2. The number of aryl methyl sites for hydroxylation is 1.